The van der Waals surface area contributed by atoms with Crippen molar-refractivity contribution in [3.8, 4) is 11.6 Å². The van der Waals surface area contributed by atoms with Gasteiger partial charge in [-0.1, -0.05) is 72.4 Å². The van der Waals surface area contributed by atoms with E-state index in [1.54, 1.807) is 6.26 Å². The fraction of sp³-hybridized carbons (Fsp3) is 0.143. The molecule has 0 bridgehead atoms. The second kappa shape index (κ2) is 8.24. The fourth-order valence-electron chi connectivity index (χ4n) is 2.82. The van der Waals surface area contributed by atoms with Crippen LogP contribution in [0.5, 0.6) is 0 Å². The van der Waals surface area contributed by atoms with E-state index in [9.17, 15) is 5.11 Å². The number of thioether (sulfide) groups is 1. The molecule has 0 spiro atoms. The molecule has 2 aromatic carbocycles. The van der Waals surface area contributed by atoms with Gasteiger partial charge in [0.25, 0.3) is 0 Å². The minimum Gasteiger partial charge on any atom is -0.461 e. The van der Waals surface area contributed by atoms with E-state index in [0.717, 1.165) is 16.3 Å². The van der Waals surface area contributed by atoms with Crippen LogP contribution in [0, 0.1) is 0 Å². The van der Waals surface area contributed by atoms with Crippen LogP contribution in [-0.4, -0.2) is 25.6 Å². The number of aromatic nitrogens is 3. The SMILES string of the molecule is O[C@H](CSc1nnc(-c2ccco2)n1Cc1ccccc1)c1ccccc1. The van der Waals surface area contributed by atoms with Gasteiger partial charge in [0.1, 0.15) is 0 Å². The first-order valence-electron chi connectivity index (χ1n) is 8.68. The van der Waals surface area contributed by atoms with Gasteiger partial charge in [-0.25, -0.2) is 0 Å². The van der Waals surface area contributed by atoms with Crippen molar-refractivity contribution in [3.05, 3.63) is 90.2 Å². The maximum atomic E-state index is 10.5. The van der Waals surface area contributed by atoms with Crippen LogP contribution >= 0.6 is 11.8 Å². The molecule has 4 rings (SSSR count). The molecule has 0 saturated heterocycles. The van der Waals surface area contributed by atoms with Gasteiger partial charge in [0.15, 0.2) is 10.9 Å². The van der Waals surface area contributed by atoms with Crippen LogP contribution < -0.4 is 0 Å². The Labute approximate surface area is 161 Å². The van der Waals surface area contributed by atoms with E-state index < -0.39 is 6.10 Å². The average molecular weight is 377 g/mol. The Morgan fingerprint density at radius 3 is 2.37 bits per heavy atom. The second-order valence-electron chi connectivity index (χ2n) is 6.09. The van der Waals surface area contributed by atoms with Crippen molar-refractivity contribution < 1.29 is 9.52 Å². The van der Waals surface area contributed by atoms with Gasteiger partial charge in [0, 0.05) is 5.75 Å². The first-order chi connectivity index (χ1) is 13.3. The molecule has 0 aliphatic rings. The molecule has 136 valence electrons. The van der Waals surface area contributed by atoms with E-state index in [-0.39, 0.29) is 0 Å². The number of rotatable bonds is 7. The van der Waals surface area contributed by atoms with Gasteiger partial charge in [0.2, 0.25) is 5.82 Å². The molecule has 6 heteroatoms. The minimum absolute atomic E-state index is 0.495. The highest BCUT2D eigenvalue weighted by atomic mass is 32.2. The maximum absolute atomic E-state index is 10.5. The van der Waals surface area contributed by atoms with Crippen LogP contribution in [0.4, 0.5) is 0 Å². The largest absolute Gasteiger partial charge is 0.461 e. The second-order valence-corrected chi connectivity index (χ2v) is 7.08. The van der Waals surface area contributed by atoms with Crippen LogP contribution in [0.3, 0.4) is 0 Å². The molecule has 5 nitrogen and oxygen atoms in total. The molecule has 4 aromatic rings. The molecule has 1 atom stereocenters. The third-order valence-electron chi connectivity index (χ3n) is 4.20. The lowest BCUT2D eigenvalue weighted by molar-refractivity contribution is 0.204. The predicted octanol–water partition coefficient (Wildman–Crippen LogP) is 4.41. The number of hydrogen-bond donors (Lipinski definition) is 1. The fourth-order valence-corrected chi connectivity index (χ4v) is 3.72. The molecule has 0 unspecified atom stereocenters. The normalized spacial score (nSPS) is 12.2. The van der Waals surface area contributed by atoms with Crippen molar-refractivity contribution in [2.75, 3.05) is 5.75 Å². The van der Waals surface area contributed by atoms with Gasteiger partial charge < -0.3 is 9.52 Å². The Bertz CT molecular complexity index is 969. The molecule has 0 aliphatic carbocycles. The summed E-state index contributed by atoms with van der Waals surface area (Å²) >= 11 is 1.49. The summed E-state index contributed by atoms with van der Waals surface area (Å²) in [5, 5.41) is 19.9. The smallest absolute Gasteiger partial charge is 0.200 e. The highest BCUT2D eigenvalue weighted by Gasteiger charge is 2.18. The Balaban J connectivity index is 1.58. The molecule has 0 amide bonds. The molecule has 0 aliphatic heterocycles. The molecule has 2 aromatic heterocycles. The molecule has 27 heavy (non-hydrogen) atoms. The molecule has 1 N–H and O–H groups in total. The number of benzene rings is 2. The predicted molar refractivity (Wildman–Crippen MR) is 105 cm³/mol. The quantitative estimate of drug-likeness (QED) is 0.483. The highest BCUT2D eigenvalue weighted by Crippen LogP contribution is 2.28. The third-order valence-corrected chi connectivity index (χ3v) is 5.24. The number of aliphatic hydroxyl groups is 1. The van der Waals surface area contributed by atoms with Gasteiger partial charge >= 0.3 is 0 Å². The summed E-state index contributed by atoms with van der Waals surface area (Å²) in [7, 11) is 0. The van der Waals surface area contributed by atoms with Crippen LogP contribution in [0.2, 0.25) is 0 Å². The lowest BCUT2D eigenvalue weighted by atomic mass is 10.1. The van der Waals surface area contributed by atoms with Gasteiger partial charge in [-0.3, -0.25) is 4.57 Å². The van der Waals surface area contributed by atoms with E-state index in [1.165, 1.54) is 11.8 Å². The van der Waals surface area contributed by atoms with Gasteiger partial charge in [0.05, 0.1) is 18.9 Å². The third kappa shape index (κ3) is 4.13. The molecular weight excluding hydrogens is 358 g/mol. The van der Waals surface area contributed by atoms with Crippen LogP contribution in [0.15, 0.2) is 88.6 Å². The van der Waals surface area contributed by atoms with Crippen LogP contribution in [0.25, 0.3) is 11.6 Å². The average Bonchev–Trinajstić information content (AvgIpc) is 3.38. The molecule has 0 saturated carbocycles. The Morgan fingerprint density at radius 2 is 1.67 bits per heavy atom. The number of aliphatic hydroxyl groups excluding tert-OH is 1. The summed E-state index contributed by atoms with van der Waals surface area (Å²) < 4.78 is 7.55. The Hall–Kier alpha value is -2.83. The number of nitrogens with zero attached hydrogens (tertiary/aromatic N) is 3. The van der Waals surface area contributed by atoms with E-state index in [0.29, 0.717) is 23.9 Å². The standard InChI is InChI=1S/C21H19N3O2S/c25-18(17-10-5-2-6-11-17)15-27-21-23-22-20(19-12-7-13-26-19)24(21)14-16-8-3-1-4-9-16/h1-13,18,25H,14-15H2/t18-/m1/s1. The molecular formula is C21H19N3O2S. The molecule has 2 heterocycles. The van der Waals surface area contributed by atoms with Crippen molar-refractivity contribution in [1.82, 2.24) is 14.8 Å². The van der Waals surface area contributed by atoms with Crippen LogP contribution in [0.1, 0.15) is 17.2 Å². The summed E-state index contributed by atoms with van der Waals surface area (Å²) in [6.45, 7) is 0.633. The van der Waals surface area contributed by atoms with Crippen LogP contribution in [-0.2, 0) is 6.54 Å². The Kier molecular flexibility index (Phi) is 5.37. The summed E-state index contributed by atoms with van der Waals surface area (Å²) in [5.41, 5.74) is 2.04. The summed E-state index contributed by atoms with van der Waals surface area (Å²) in [4.78, 5) is 0. The van der Waals surface area contributed by atoms with Crippen molar-refractivity contribution in [2.24, 2.45) is 0 Å². The minimum atomic E-state index is -0.565. The molecule has 0 fully saturated rings. The van der Waals surface area contributed by atoms with Crippen molar-refractivity contribution >= 4 is 11.8 Å². The first kappa shape index (κ1) is 17.6. The van der Waals surface area contributed by atoms with E-state index in [4.69, 9.17) is 4.42 Å². The van der Waals surface area contributed by atoms with E-state index >= 15 is 0 Å². The first-order valence-corrected chi connectivity index (χ1v) is 9.66. The number of furan rings is 1. The summed E-state index contributed by atoms with van der Waals surface area (Å²) in [5.74, 6) is 1.85. The summed E-state index contributed by atoms with van der Waals surface area (Å²) in [6, 6.07) is 23.5. The van der Waals surface area contributed by atoms with Gasteiger partial charge in [-0.15, -0.1) is 10.2 Å². The highest BCUT2D eigenvalue weighted by molar-refractivity contribution is 7.99. The lowest BCUT2D eigenvalue weighted by Gasteiger charge is -2.12. The zero-order valence-corrected chi connectivity index (χ0v) is 15.4. The number of hydrogen-bond acceptors (Lipinski definition) is 5. The van der Waals surface area contributed by atoms with E-state index in [2.05, 4.69) is 22.3 Å². The van der Waals surface area contributed by atoms with Crippen molar-refractivity contribution in [1.29, 1.82) is 0 Å². The topological polar surface area (TPSA) is 64.1 Å². The Morgan fingerprint density at radius 1 is 0.926 bits per heavy atom. The zero-order chi connectivity index (χ0) is 18.5. The lowest BCUT2D eigenvalue weighted by Crippen LogP contribution is -2.06. The zero-order valence-electron chi connectivity index (χ0n) is 14.6. The van der Waals surface area contributed by atoms with Crippen molar-refractivity contribution in [3.63, 3.8) is 0 Å². The molecule has 0 radical (unpaired) electrons. The van der Waals surface area contributed by atoms with Gasteiger partial charge in [-0.2, -0.15) is 0 Å². The van der Waals surface area contributed by atoms with E-state index in [1.807, 2.05) is 65.2 Å². The van der Waals surface area contributed by atoms with Gasteiger partial charge in [-0.05, 0) is 23.3 Å². The summed E-state index contributed by atoms with van der Waals surface area (Å²) in [6.07, 6.45) is 1.06. The monoisotopic (exact) mass is 377 g/mol. The van der Waals surface area contributed by atoms with Crippen molar-refractivity contribution in [2.45, 2.75) is 17.8 Å². The maximum Gasteiger partial charge on any atom is 0.200 e.